The summed E-state index contributed by atoms with van der Waals surface area (Å²) in [6.07, 6.45) is 4.18. The standard InChI is InChI=1S/C30H30N2O6/c1-35-25-15-19(16-26(36-2)29(25)37-3)28-27-21(13-18(14-23(27)33)24-9-6-12-38-24)31-20-7-4-5-8-22(20)32(28)30(34)17-10-11-17/h4-9,12,15-18,28,31H,10-11,13-14H2,1-3H3/t18-,28-/m0/s1. The van der Waals surface area contributed by atoms with Crippen LogP contribution in [0.15, 0.2) is 70.5 Å². The van der Waals surface area contributed by atoms with Crippen LogP contribution >= 0.6 is 0 Å². The second kappa shape index (κ2) is 9.59. The van der Waals surface area contributed by atoms with Crippen LogP contribution < -0.4 is 24.4 Å². The van der Waals surface area contributed by atoms with Crippen molar-refractivity contribution in [3.05, 3.63) is 77.4 Å². The lowest BCUT2D eigenvalue weighted by atomic mass is 9.80. The molecule has 1 aliphatic heterocycles. The maximum atomic E-state index is 14.0. The number of furan rings is 1. The summed E-state index contributed by atoms with van der Waals surface area (Å²) in [6, 6.07) is 14.5. The van der Waals surface area contributed by atoms with Gasteiger partial charge < -0.3 is 23.9 Å². The highest BCUT2D eigenvalue weighted by molar-refractivity contribution is 6.07. The number of methoxy groups -OCH3 is 3. The van der Waals surface area contributed by atoms with E-state index in [1.165, 1.54) is 0 Å². The SMILES string of the molecule is COc1cc([C@H]2C3=C(C[C@H](c4ccco4)CC3=O)Nc3ccccc3N2C(=O)C2CC2)cc(OC)c1OC. The zero-order chi connectivity index (χ0) is 26.4. The molecule has 196 valence electrons. The molecule has 1 saturated carbocycles. The Balaban J connectivity index is 1.59. The Kier molecular flexibility index (Phi) is 6.10. The summed E-state index contributed by atoms with van der Waals surface area (Å²) in [5.41, 5.74) is 3.60. The molecule has 2 atom stereocenters. The van der Waals surface area contributed by atoms with Crippen molar-refractivity contribution in [2.75, 3.05) is 31.5 Å². The van der Waals surface area contributed by atoms with Gasteiger partial charge in [-0.2, -0.15) is 0 Å². The second-order valence-corrected chi connectivity index (χ2v) is 9.92. The number of Topliss-reactive ketones (excluding diaryl/α,β-unsaturated/α-hetero) is 1. The van der Waals surface area contributed by atoms with E-state index in [0.29, 0.717) is 34.8 Å². The van der Waals surface area contributed by atoms with Crippen molar-refractivity contribution >= 4 is 23.1 Å². The average Bonchev–Trinajstić information content (AvgIpc) is 3.67. The first-order valence-corrected chi connectivity index (χ1v) is 12.8. The van der Waals surface area contributed by atoms with Gasteiger partial charge in [0.25, 0.3) is 0 Å². The summed E-state index contributed by atoms with van der Waals surface area (Å²) in [7, 11) is 4.67. The highest BCUT2D eigenvalue weighted by Crippen LogP contribution is 2.51. The summed E-state index contributed by atoms with van der Waals surface area (Å²) >= 11 is 0. The molecule has 2 heterocycles. The number of anilines is 2. The van der Waals surface area contributed by atoms with Gasteiger partial charge in [-0.15, -0.1) is 0 Å². The lowest BCUT2D eigenvalue weighted by Gasteiger charge is -2.35. The first-order chi connectivity index (χ1) is 18.5. The van der Waals surface area contributed by atoms with Crippen molar-refractivity contribution in [1.82, 2.24) is 0 Å². The van der Waals surface area contributed by atoms with Gasteiger partial charge in [0.15, 0.2) is 17.3 Å². The number of para-hydroxylation sites is 2. The maximum absolute atomic E-state index is 14.0. The Morgan fingerprint density at radius 2 is 1.71 bits per heavy atom. The largest absolute Gasteiger partial charge is 0.493 e. The van der Waals surface area contributed by atoms with Gasteiger partial charge in [0.05, 0.1) is 45.0 Å². The minimum atomic E-state index is -0.673. The summed E-state index contributed by atoms with van der Waals surface area (Å²) in [5, 5.41) is 3.54. The quantitative estimate of drug-likeness (QED) is 0.457. The first-order valence-electron chi connectivity index (χ1n) is 12.8. The number of ether oxygens (including phenoxy) is 3. The molecule has 3 aliphatic rings. The second-order valence-electron chi connectivity index (χ2n) is 9.92. The minimum absolute atomic E-state index is 0.00714. The fourth-order valence-electron chi connectivity index (χ4n) is 5.66. The molecule has 1 fully saturated rings. The third-order valence-corrected chi connectivity index (χ3v) is 7.60. The third kappa shape index (κ3) is 4.00. The molecular formula is C30H30N2O6. The molecule has 3 aromatic rings. The van der Waals surface area contributed by atoms with Crippen LogP contribution in [0, 0.1) is 5.92 Å². The molecule has 0 unspecified atom stereocenters. The molecule has 1 amide bonds. The van der Waals surface area contributed by atoms with Gasteiger partial charge in [0.2, 0.25) is 11.7 Å². The highest BCUT2D eigenvalue weighted by Gasteiger charge is 2.45. The van der Waals surface area contributed by atoms with Gasteiger partial charge in [-0.25, -0.2) is 0 Å². The van der Waals surface area contributed by atoms with E-state index >= 15 is 0 Å². The summed E-state index contributed by atoms with van der Waals surface area (Å²) in [5.74, 6) is 1.97. The van der Waals surface area contributed by atoms with Crippen LogP contribution in [0.3, 0.4) is 0 Å². The van der Waals surface area contributed by atoms with Crippen molar-refractivity contribution in [3.63, 3.8) is 0 Å². The van der Waals surface area contributed by atoms with Crippen molar-refractivity contribution in [1.29, 1.82) is 0 Å². The molecule has 6 rings (SSSR count). The number of hydrogen-bond acceptors (Lipinski definition) is 7. The predicted molar refractivity (Wildman–Crippen MR) is 142 cm³/mol. The topological polar surface area (TPSA) is 90.2 Å². The lowest BCUT2D eigenvalue weighted by Crippen LogP contribution is -2.39. The maximum Gasteiger partial charge on any atom is 0.231 e. The average molecular weight is 515 g/mol. The minimum Gasteiger partial charge on any atom is -0.493 e. The van der Waals surface area contributed by atoms with E-state index in [1.54, 1.807) is 32.5 Å². The number of ketones is 1. The van der Waals surface area contributed by atoms with Gasteiger partial charge in [0.1, 0.15) is 5.76 Å². The van der Waals surface area contributed by atoms with Gasteiger partial charge in [-0.05, 0) is 61.2 Å². The zero-order valence-corrected chi connectivity index (χ0v) is 21.7. The molecule has 1 N–H and O–H groups in total. The predicted octanol–water partition coefficient (Wildman–Crippen LogP) is 5.62. The van der Waals surface area contributed by atoms with Crippen molar-refractivity contribution in [3.8, 4) is 17.2 Å². The molecule has 8 heteroatoms. The van der Waals surface area contributed by atoms with Crippen molar-refractivity contribution in [2.24, 2.45) is 5.92 Å². The number of allylic oxidation sites excluding steroid dienone is 1. The Morgan fingerprint density at radius 1 is 0.974 bits per heavy atom. The van der Waals surface area contributed by atoms with E-state index < -0.39 is 6.04 Å². The molecule has 8 nitrogen and oxygen atoms in total. The number of rotatable bonds is 6. The fourth-order valence-corrected chi connectivity index (χ4v) is 5.66. The number of carbonyl (C=O) groups excluding carboxylic acids is 2. The number of hydrogen-bond donors (Lipinski definition) is 1. The van der Waals surface area contributed by atoms with Gasteiger partial charge >= 0.3 is 0 Å². The molecule has 0 saturated heterocycles. The number of nitrogens with one attached hydrogen (secondary N) is 1. The molecule has 0 radical (unpaired) electrons. The molecule has 0 bridgehead atoms. The summed E-state index contributed by atoms with van der Waals surface area (Å²) in [6.45, 7) is 0. The fraction of sp³-hybridized carbons (Fsp3) is 0.333. The molecule has 2 aliphatic carbocycles. The summed E-state index contributed by atoms with van der Waals surface area (Å²) < 4.78 is 22.6. The Morgan fingerprint density at radius 3 is 2.34 bits per heavy atom. The lowest BCUT2D eigenvalue weighted by molar-refractivity contribution is -0.120. The number of benzene rings is 2. The Bertz CT molecular complexity index is 1400. The number of fused-ring (bicyclic) bond motifs is 1. The van der Waals surface area contributed by atoms with Crippen LogP contribution in [0.4, 0.5) is 11.4 Å². The van der Waals surface area contributed by atoms with Crippen molar-refractivity contribution < 1.29 is 28.2 Å². The van der Waals surface area contributed by atoms with Crippen LogP contribution in [0.25, 0.3) is 0 Å². The third-order valence-electron chi connectivity index (χ3n) is 7.60. The number of nitrogens with zero attached hydrogens (tertiary/aromatic N) is 1. The van der Waals surface area contributed by atoms with E-state index in [0.717, 1.165) is 35.7 Å². The smallest absolute Gasteiger partial charge is 0.231 e. The van der Waals surface area contributed by atoms with E-state index in [9.17, 15) is 9.59 Å². The van der Waals surface area contributed by atoms with Crippen molar-refractivity contribution in [2.45, 2.75) is 37.6 Å². The normalized spacial score (nSPS) is 20.7. The monoisotopic (exact) mass is 514 g/mol. The zero-order valence-electron chi connectivity index (χ0n) is 21.7. The van der Waals surface area contributed by atoms with E-state index in [-0.39, 0.29) is 29.9 Å². The van der Waals surface area contributed by atoms with E-state index in [2.05, 4.69) is 5.32 Å². The number of carbonyl (C=O) groups is 2. The van der Waals surface area contributed by atoms with Crippen LogP contribution in [0.2, 0.25) is 0 Å². The van der Waals surface area contributed by atoms with Crippen LogP contribution in [-0.2, 0) is 9.59 Å². The Hall–Kier alpha value is -4.20. The van der Waals surface area contributed by atoms with Gasteiger partial charge in [-0.1, -0.05) is 12.1 Å². The molecular weight excluding hydrogens is 484 g/mol. The Labute approximate surface area is 221 Å². The molecule has 38 heavy (non-hydrogen) atoms. The van der Waals surface area contributed by atoms with Gasteiger partial charge in [0, 0.05) is 29.5 Å². The van der Waals surface area contributed by atoms with E-state index in [4.69, 9.17) is 18.6 Å². The molecule has 2 aromatic carbocycles. The van der Waals surface area contributed by atoms with Crippen LogP contribution in [0.1, 0.15) is 49.0 Å². The van der Waals surface area contributed by atoms with Crippen LogP contribution in [0.5, 0.6) is 17.2 Å². The molecule has 1 aromatic heterocycles. The first kappa shape index (κ1) is 24.2. The molecule has 0 spiro atoms. The highest BCUT2D eigenvalue weighted by atomic mass is 16.5. The van der Waals surface area contributed by atoms with Gasteiger partial charge in [-0.3, -0.25) is 14.5 Å². The van der Waals surface area contributed by atoms with E-state index in [1.807, 2.05) is 48.5 Å². The number of amides is 1. The summed E-state index contributed by atoms with van der Waals surface area (Å²) in [4.78, 5) is 29.8. The van der Waals surface area contributed by atoms with Crippen LogP contribution in [-0.4, -0.2) is 33.0 Å².